The van der Waals surface area contributed by atoms with Crippen molar-refractivity contribution < 1.29 is 13.9 Å². The molecule has 0 spiro atoms. The van der Waals surface area contributed by atoms with Gasteiger partial charge in [0.25, 0.3) is 5.91 Å². The van der Waals surface area contributed by atoms with Crippen molar-refractivity contribution in [3.8, 4) is 5.75 Å². The number of carbonyl (C=O) groups excluding carboxylic acids is 1. The SMILES string of the molecule is CC/C=C/CCOc1cccc(CNC(=O)c2ccc3ncccc3c2)c1F. The highest BCUT2D eigenvalue weighted by Gasteiger charge is 2.12. The number of hydrogen-bond donors (Lipinski definition) is 1. The Labute approximate surface area is 164 Å². The molecule has 0 aliphatic heterocycles. The molecule has 4 nitrogen and oxygen atoms in total. The first kappa shape index (κ1) is 19.5. The van der Waals surface area contributed by atoms with Gasteiger partial charge in [-0.2, -0.15) is 0 Å². The fourth-order valence-corrected chi connectivity index (χ4v) is 2.82. The van der Waals surface area contributed by atoms with Crippen LogP contribution >= 0.6 is 0 Å². The van der Waals surface area contributed by atoms with Crippen molar-refractivity contribution in [1.82, 2.24) is 10.3 Å². The van der Waals surface area contributed by atoms with E-state index in [1.807, 2.05) is 18.2 Å². The van der Waals surface area contributed by atoms with Crippen molar-refractivity contribution in [3.63, 3.8) is 0 Å². The number of rotatable bonds is 8. The summed E-state index contributed by atoms with van der Waals surface area (Å²) in [6, 6.07) is 14.0. The van der Waals surface area contributed by atoms with Gasteiger partial charge in [-0.1, -0.05) is 37.3 Å². The van der Waals surface area contributed by atoms with Crippen LogP contribution in [0.15, 0.2) is 66.9 Å². The van der Waals surface area contributed by atoms with Crippen LogP contribution in [0.5, 0.6) is 5.75 Å². The first-order valence-electron chi connectivity index (χ1n) is 9.37. The molecule has 0 saturated heterocycles. The molecule has 144 valence electrons. The van der Waals surface area contributed by atoms with Gasteiger partial charge in [0.1, 0.15) is 0 Å². The van der Waals surface area contributed by atoms with Crippen molar-refractivity contribution in [1.29, 1.82) is 0 Å². The summed E-state index contributed by atoms with van der Waals surface area (Å²) in [5.41, 5.74) is 1.72. The van der Waals surface area contributed by atoms with E-state index in [9.17, 15) is 9.18 Å². The van der Waals surface area contributed by atoms with Crippen LogP contribution in [0.1, 0.15) is 35.7 Å². The Bertz CT molecular complexity index is 985. The van der Waals surface area contributed by atoms with E-state index >= 15 is 0 Å². The minimum Gasteiger partial charge on any atom is -0.490 e. The molecule has 0 aliphatic carbocycles. The number of benzene rings is 2. The average Bonchev–Trinajstić information content (AvgIpc) is 2.73. The molecule has 1 N–H and O–H groups in total. The topological polar surface area (TPSA) is 51.2 Å². The van der Waals surface area contributed by atoms with E-state index in [1.54, 1.807) is 42.6 Å². The lowest BCUT2D eigenvalue weighted by atomic mass is 10.1. The number of pyridine rings is 1. The predicted molar refractivity (Wildman–Crippen MR) is 109 cm³/mol. The van der Waals surface area contributed by atoms with Gasteiger partial charge in [-0.15, -0.1) is 0 Å². The third kappa shape index (κ3) is 4.94. The summed E-state index contributed by atoms with van der Waals surface area (Å²) >= 11 is 0. The monoisotopic (exact) mass is 378 g/mol. The fraction of sp³-hybridized carbons (Fsp3) is 0.217. The summed E-state index contributed by atoms with van der Waals surface area (Å²) in [7, 11) is 0. The molecule has 5 heteroatoms. The Morgan fingerprint density at radius 2 is 2.07 bits per heavy atom. The van der Waals surface area contributed by atoms with Crippen LogP contribution in [-0.2, 0) is 6.54 Å². The standard InChI is InChI=1S/C23H23FN2O2/c1-2-3-4-5-14-28-21-10-6-8-19(22(21)24)16-26-23(27)18-11-12-20-17(15-18)9-7-13-25-20/h3-4,6-13,15H,2,5,14,16H2,1H3,(H,26,27)/b4-3+. The van der Waals surface area contributed by atoms with Crippen LogP contribution in [0.3, 0.4) is 0 Å². The van der Waals surface area contributed by atoms with Gasteiger partial charge in [-0.25, -0.2) is 4.39 Å². The first-order chi connectivity index (χ1) is 13.7. The normalized spacial score (nSPS) is 11.1. The summed E-state index contributed by atoms with van der Waals surface area (Å²) in [5.74, 6) is -0.500. The van der Waals surface area contributed by atoms with Crippen LogP contribution in [0.25, 0.3) is 10.9 Å². The Morgan fingerprint density at radius 3 is 2.93 bits per heavy atom. The predicted octanol–water partition coefficient (Wildman–Crippen LogP) is 5.04. The summed E-state index contributed by atoms with van der Waals surface area (Å²) in [4.78, 5) is 16.7. The number of aromatic nitrogens is 1. The number of allylic oxidation sites excluding steroid dienone is 1. The summed E-state index contributed by atoms with van der Waals surface area (Å²) < 4.78 is 20.1. The lowest BCUT2D eigenvalue weighted by molar-refractivity contribution is 0.0950. The van der Waals surface area contributed by atoms with Crippen molar-refractivity contribution in [2.45, 2.75) is 26.3 Å². The molecule has 1 heterocycles. The summed E-state index contributed by atoms with van der Waals surface area (Å²) in [5, 5.41) is 3.65. The Balaban J connectivity index is 1.62. The molecule has 0 atom stereocenters. The number of nitrogens with zero attached hydrogens (tertiary/aromatic N) is 1. The number of halogens is 1. The van der Waals surface area contributed by atoms with Crippen molar-refractivity contribution in [2.75, 3.05) is 6.61 Å². The third-order valence-corrected chi connectivity index (χ3v) is 4.29. The molecule has 3 aromatic rings. The zero-order valence-electron chi connectivity index (χ0n) is 15.8. The van der Waals surface area contributed by atoms with Gasteiger partial charge >= 0.3 is 0 Å². The number of hydrogen-bond acceptors (Lipinski definition) is 3. The highest BCUT2D eigenvalue weighted by molar-refractivity contribution is 5.97. The zero-order chi connectivity index (χ0) is 19.8. The van der Waals surface area contributed by atoms with E-state index in [1.165, 1.54) is 0 Å². The van der Waals surface area contributed by atoms with E-state index in [0.717, 1.165) is 23.7 Å². The molecule has 28 heavy (non-hydrogen) atoms. The minimum atomic E-state index is -0.440. The van der Waals surface area contributed by atoms with Gasteiger partial charge in [0, 0.05) is 29.3 Å². The molecule has 2 aromatic carbocycles. The minimum absolute atomic E-state index is 0.0860. The number of ether oxygens (including phenoxy) is 1. The number of fused-ring (bicyclic) bond motifs is 1. The van der Waals surface area contributed by atoms with E-state index in [4.69, 9.17) is 4.74 Å². The largest absolute Gasteiger partial charge is 0.490 e. The molecule has 3 rings (SSSR count). The lowest BCUT2D eigenvalue weighted by Gasteiger charge is -2.11. The molecule has 1 aromatic heterocycles. The second-order valence-corrected chi connectivity index (χ2v) is 6.34. The molecule has 0 saturated carbocycles. The van der Waals surface area contributed by atoms with Crippen molar-refractivity contribution >= 4 is 16.8 Å². The van der Waals surface area contributed by atoms with Crippen LogP contribution < -0.4 is 10.1 Å². The van der Waals surface area contributed by atoms with Gasteiger partial charge in [-0.05, 0) is 43.2 Å². The molecule has 0 bridgehead atoms. The zero-order valence-corrected chi connectivity index (χ0v) is 15.8. The Morgan fingerprint density at radius 1 is 1.18 bits per heavy atom. The molecular formula is C23H23FN2O2. The highest BCUT2D eigenvalue weighted by atomic mass is 19.1. The third-order valence-electron chi connectivity index (χ3n) is 4.29. The second kappa shape index (κ2) is 9.65. The maximum absolute atomic E-state index is 14.6. The maximum atomic E-state index is 14.6. The van der Waals surface area contributed by atoms with Crippen LogP contribution in [-0.4, -0.2) is 17.5 Å². The summed E-state index contributed by atoms with van der Waals surface area (Å²) in [6.45, 7) is 2.56. The maximum Gasteiger partial charge on any atom is 0.251 e. The Hall–Kier alpha value is -3.21. The quantitative estimate of drug-likeness (QED) is 0.441. The van der Waals surface area contributed by atoms with E-state index in [2.05, 4.69) is 23.3 Å². The Kier molecular flexibility index (Phi) is 6.73. The molecule has 0 radical (unpaired) electrons. The molecule has 0 fully saturated rings. The van der Waals surface area contributed by atoms with Crippen LogP contribution in [0.4, 0.5) is 4.39 Å². The van der Waals surface area contributed by atoms with Gasteiger partial charge < -0.3 is 10.1 Å². The second-order valence-electron chi connectivity index (χ2n) is 6.34. The molecular weight excluding hydrogens is 355 g/mol. The van der Waals surface area contributed by atoms with Gasteiger partial charge in [0.05, 0.1) is 12.1 Å². The first-order valence-corrected chi connectivity index (χ1v) is 9.37. The highest BCUT2D eigenvalue weighted by Crippen LogP contribution is 2.21. The lowest BCUT2D eigenvalue weighted by Crippen LogP contribution is -2.23. The number of carbonyl (C=O) groups is 1. The van der Waals surface area contributed by atoms with Crippen molar-refractivity contribution in [3.05, 3.63) is 83.8 Å². The van der Waals surface area contributed by atoms with Crippen molar-refractivity contribution in [2.24, 2.45) is 0 Å². The number of amides is 1. The van der Waals surface area contributed by atoms with Crippen LogP contribution in [0, 0.1) is 5.82 Å². The number of nitrogens with one attached hydrogen (secondary N) is 1. The van der Waals surface area contributed by atoms with Gasteiger partial charge in [0.2, 0.25) is 0 Å². The smallest absolute Gasteiger partial charge is 0.251 e. The van der Waals surface area contributed by atoms with Gasteiger partial charge in [-0.3, -0.25) is 9.78 Å². The van der Waals surface area contributed by atoms with E-state index in [0.29, 0.717) is 17.7 Å². The van der Waals surface area contributed by atoms with Crippen LogP contribution in [0.2, 0.25) is 0 Å². The van der Waals surface area contributed by atoms with E-state index < -0.39 is 5.82 Å². The molecule has 0 unspecified atom stereocenters. The average molecular weight is 378 g/mol. The van der Waals surface area contributed by atoms with Gasteiger partial charge in [0.15, 0.2) is 11.6 Å². The molecule has 0 aliphatic rings. The molecule has 1 amide bonds. The van der Waals surface area contributed by atoms with E-state index in [-0.39, 0.29) is 18.2 Å². The summed E-state index contributed by atoms with van der Waals surface area (Å²) in [6.07, 6.45) is 7.47. The fourth-order valence-electron chi connectivity index (χ4n) is 2.82.